The Balaban J connectivity index is 1.38. The minimum absolute atomic E-state index is 0.804. The van der Waals surface area contributed by atoms with Crippen molar-refractivity contribution in [3.05, 3.63) is 0 Å². The Morgan fingerprint density at radius 2 is 1.94 bits per heavy atom. The molecule has 4 nitrogen and oxygen atoms in total. The third-order valence-electron chi connectivity index (χ3n) is 4.53. The van der Waals surface area contributed by atoms with Crippen molar-refractivity contribution in [2.75, 3.05) is 59.0 Å². The van der Waals surface area contributed by atoms with Gasteiger partial charge in [0, 0.05) is 25.7 Å². The number of rotatable bonds is 4. The minimum Gasteiger partial charge on any atom is -0.379 e. The largest absolute Gasteiger partial charge is 0.379 e. The molecule has 0 aromatic carbocycles. The van der Waals surface area contributed by atoms with Crippen molar-refractivity contribution in [3.8, 4) is 0 Å². The molecular formula is C13H25N3O. The highest BCUT2D eigenvalue weighted by Crippen LogP contribution is 2.18. The van der Waals surface area contributed by atoms with Gasteiger partial charge in [-0.25, -0.2) is 0 Å². The molecule has 0 aliphatic carbocycles. The van der Waals surface area contributed by atoms with Crippen LogP contribution < -0.4 is 5.32 Å². The summed E-state index contributed by atoms with van der Waals surface area (Å²) in [5.74, 6) is 0.956. The smallest absolute Gasteiger partial charge is 0.0594 e. The van der Waals surface area contributed by atoms with Crippen molar-refractivity contribution >= 4 is 0 Å². The molecule has 1 atom stereocenters. The van der Waals surface area contributed by atoms with Crippen molar-refractivity contribution in [1.82, 2.24) is 15.1 Å². The van der Waals surface area contributed by atoms with Gasteiger partial charge >= 0.3 is 0 Å². The molecular weight excluding hydrogens is 214 g/mol. The maximum atomic E-state index is 5.43. The highest BCUT2D eigenvalue weighted by atomic mass is 16.5. The first kappa shape index (κ1) is 11.9. The summed E-state index contributed by atoms with van der Waals surface area (Å²) in [4.78, 5) is 5.30. The molecule has 0 amide bonds. The van der Waals surface area contributed by atoms with E-state index in [9.17, 15) is 0 Å². The second-order valence-corrected chi connectivity index (χ2v) is 5.70. The molecule has 3 rings (SSSR count). The maximum Gasteiger partial charge on any atom is 0.0594 e. The summed E-state index contributed by atoms with van der Waals surface area (Å²) >= 11 is 0. The molecule has 4 heteroatoms. The third kappa shape index (κ3) is 2.99. The number of likely N-dealkylation sites (tertiary alicyclic amines) is 1. The molecule has 1 unspecified atom stereocenters. The number of nitrogens with one attached hydrogen (secondary N) is 1. The highest BCUT2D eigenvalue weighted by Gasteiger charge is 2.29. The van der Waals surface area contributed by atoms with E-state index in [1.807, 2.05) is 0 Å². The van der Waals surface area contributed by atoms with Gasteiger partial charge in [0.1, 0.15) is 0 Å². The van der Waals surface area contributed by atoms with Crippen LogP contribution >= 0.6 is 0 Å². The second kappa shape index (κ2) is 5.65. The summed E-state index contributed by atoms with van der Waals surface area (Å²) in [7, 11) is 0. The summed E-state index contributed by atoms with van der Waals surface area (Å²) < 4.78 is 5.43. The normalized spacial score (nSPS) is 32.8. The topological polar surface area (TPSA) is 27.7 Å². The van der Waals surface area contributed by atoms with Crippen LogP contribution in [0.1, 0.15) is 12.8 Å². The van der Waals surface area contributed by atoms with Gasteiger partial charge < -0.3 is 15.0 Å². The van der Waals surface area contributed by atoms with Gasteiger partial charge in [-0.05, 0) is 44.9 Å². The van der Waals surface area contributed by atoms with Gasteiger partial charge in [-0.3, -0.25) is 4.90 Å². The molecule has 0 aromatic rings. The maximum absolute atomic E-state index is 5.43. The molecule has 0 saturated carbocycles. The number of hydrogen-bond acceptors (Lipinski definition) is 4. The molecule has 1 N–H and O–H groups in total. The van der Waals surface area contributed by atoms with E-state index in [1.165, 1.54) is 45.6 Å². The Labute approximate surface area is 104 Å². The Morgan fingerprint density at radius 1 is 1.12 bits per heavy atom. The van der Waals surface area contributed by atoms with Crippen LogP contribution in [-0.4, -0.2) is 74.9 Å². The molecule has 0 spiro atoms. The molecule has 17 heavy (non-hydrogen) atoms. The number of nitrogens with zero attached hydrogens (tertiary/aromatic N) is 2. The van der Waals surface area contributed by atoms with Crippen LogP contribution in [-0.2, 0) is 4.74 Å². The van der Waals surface area contributed by atoms with Crippen LogP contribution in [0.2, 0.25) is 0 Å². The van der Waals surface area contributed by atoms with Crippen LogP contribution in [0.4, 0.5) is 0 Å². The van der Waals surface area contributed by atoms with Crippen molar-refractivity contribution in [1.29, 1.82) is 0 Å². The van der Waals surface area contributed by atoms with E-state index in [-0.39, 0.29) is 0 Å². The molecule has 3 heterocycles. The monoisotopic (exact) mass is 239 g/mol. The fourth-order valence-corrected chi connectivity index (χ4v) is 3.17. The summed E-state index contributed by atoms with van der Waals surface area (Å²) in [6, 6.07) is 0.804. The first-order valence-corrected chi connectivity index (χ1v) is 7.17. The van der Waals surface area contributed by atoms with Crippen LogP contribution in [0.15, 0.2) is 0 Å². The van der Waals surface area contributed by atoms with E-state index in [1.54, 1.807) is 0 Å². The molecule has 0 bridgehead atoms. The number of morpholine rings is 1. The SMILES string of the molecule is C1CN(C2CCN(CCC3CNC3)C2)CCO1. The zero-order chi connectivity index (χ0) is 11.5. The fourth-order valence-electron chi connectivity index (χ4n) is 3.17. The van der Waals surface area contributed by atoms with Crippen molar-refractivity contribution in [2.45, 2.75) is 18.9 Å². The van der Waals surface area contributed by atoms with Crippen molar-refractivity contribution in [2.24, 2.45) is 5.92 Å². The van der Waals surface area contributed by atoms with Crippen LogP contribution in [0.25, 0.3) is 0 Å². The van der Waals surface area contributed by atoms with Gasteiger partial charge in [-0.1, -0.05) is 0 Å². The van der Waals surface area contributed by atoms with E-state index in [4.69, 9.17) is 4.74 Å². The predicted octanol–water partition coefficient (Wildman–Crippen LogP) is 0.00240. The van der Waals surface area contributed by atoms with Gasteiger partial charge in [-0.15, -0.1) is 0 Å². The summed E-state index contributed by atoms with van der Waals surface area (Å²) in [5, 5.41) is 3.36. The summed E-state index contributed by atoms with van der Waals surface area (Å²) in [6.07, 6.45) is 2.76. The first-order valence-electron chi connectivity index (χ1n) is 7.17. The first-order chi connectivity index (χ1) is 8.42. The van der Waals surface area contributed by atoms with Gasteiger partial charge in [0.05, 0.1) is 13.2 Å². The molecule has 3 aliphatic heterocycles. The van der Waals surface area contributed by atoms with Gasteiger partial charge in [0.15, 0.2) is 0 Å². The summed E-state index contributed by atoms with van der Waals surface area (Å²) in [6.45, 7) is 10.6. The lowest BCUT2D eigenvalue weighted by Gasteiger charge is -2.32. The third-order valence-corrected chi connectivity index (χ3v) is 4.53. The van der Waals surface area contributed by atoms with E-state index >= 15 is 0 Å². The van der Waals surface area contributed by atoms with E-state index in [0.717, 1.165) is 38.3 Å². The van der Waals surface area contributed by atoms with Gasteiger partial charge in [0.2, 0.25) is 0 Å². The Kier molecular flexibility index (Phi) is 3.96. The zero-order valence-electron chi connectivity index (χ0n) is 10.7. The van der Waals surface area contributed by atoms with Crippen LogP contribution in [0.3, 0.4) is 0 Å². The standard InChI is InChI=1S/C13H25N3O/c1(12-9-14-10-12)3-15-4-2-13(11-15)16-5-7-17-8-6-16/h12-14H,1-11H2. The van der Waals surface area contributed by atoms with E-state index < -0.39 is 0 Å². The van der Waals surface area contributed by atoms with E-state index in [2.05, 4.69) is 15.1 Å². The Morgan fingerprint density at radius 3 is 2.65 bits per heavy atom. The lowest BCUT2D eigenvalue weighted by molar-refractivity contribution is 0.0184. The van der Waals surface area contributed by atoms with Gasteiger partial charge in [-0.2, -0.15) is 0 Å². The molecule has 0 aromatic heterocycles. The predicted molar refractivity (Wildman–Crippen MR) is 68.2 cm³/mol. The molecule has 3 fully saturated rings. The fraction of sp³-hybridized carbons (Fsp3) is 1.00. The van der Waals surface area contributed by atoms with Gasteiger partial charge in [0.25, 0.3) is 0 Å². The van der Waals surface area contributed by atoms with Crippen molar-refractivity contribution in [3.63, 3.8) is 0 Å². The Hall–Kier alpha value is -0.160. The molecule has 0 radical (unpaired) electrons. The summed E-state index contributed by atoms with van der Waals surface area (Å²) in [5.41, 5.74) is 0. The van der Waals surface area contributed by atoms with Crippen LogP contribution in [0.5, 0.6) is 0 Å². The number of ether oxygens (including phenoxy) is 1. The average molecular weight is 239 g/mol. The number of hydrogen-bond donors (Lipinski definition) is 1. The quantitative estimate of drug-likeness (QED) is 0.747. The zero-order valence-corrected chi connectivity index (χ0v) is 10.7. The van der Waals surface area contributed by atoms with E-state index in [0.29, 0.717) is 0 Å². The average Bonchev–Trinajstić information content (AvgIpc) is 2.77. The highest BCUT2D eigenvalue weighted by molar-refractivity contribution is 4.85. The lowest BCUT2D eigenvalue weighted by atomic mass is 9.99. The minimum atomic E-state index is 0.804. The molecule has 98 valence electrons. The van der Waals surface area contributed by atoms with Crippen LogP contribution in [0, 0.1) is 5.92 Å². The second-order valence-electron chi connectivity index (χ2n) is 5.70. The lowest BCUT2D eigenvalue weighted by Crippen LogP contribution is -2.45. The molecule has 3 aliphatic rings. The Bertz CT molecular complexity index is 239. The molecule has 3 saturated heterocycles. The van der Waals surface area contributed by atoms with Crippen molar-refractivity contribution < 1.29 is 4.74 Å².